The molecule has 0 spiro atoms. The third-order valence-corrected chi connectivity index (χ3v) is 5.32. The molecule has 1 heterocycles. The molecule has 6 heteroatoms. The van der Waals surface area contributed by atoms with Crippen LogP contribution in [0.25, 0.3) is 0 Å². The van der Waals surface area contributed by atoms with Crippen molar-refractivity contribution < 1.29 is 8.42 Å². The SMILES string of the molecule is Cc1ccc(C)c(S(=O)(=O)NC2CCN(C)C2)c1N. The van der Waals surface area contributed by atoms with Gasteiger partial charge in [0, 0.05) is 12.6 Å². The zero-order chi connectivity index (χ0) is 14.2. The average molecular weight is 283 g/mol. The number of nitrogens with zero attached hydrogens (tertiary/aromatic N) is 1. The van der Waals surface area contributed by atoms with Crippen LogP contribution in [0, 0.1) is 13.8 Å². The lowest BCUT2D eigenvalue weighted by molar-refractivity contribution is 0.407. The molecule has 1 aromatic rings. The average Bonchev–Trinajstić information content (AvgIpc) is 2.68. The van der Waals surface area contributed by atoms with Crippen LogP contribution in [0.4, 0.5) is 5.69 Å². The normalized spacial score (nSPS) is 20.9. The van der Waals surface area contributed by atoms with E-state index in [1.54, 1.807) is 13.0 Å². The monoisotopic (exact) mass is 283 g/mol. The van der Waals surface area contributed by atoms with Crippen molar-refractivity contribution in [2.75, 3.05) is 25.9 Å². The van der Waals surface area contributed by atoms with Gasteiger partial charge in [0.1, 0.15) is 4.90 Å². The van der Waals surface area contributed by atoms with Crippen molar-refractivity contribution in [2.24, 2.45) is 0 Å². The van der Waals surface area contributed by atoms with Crippen molar-refractivity contribution in [2.45, 2.75) is 31.2 Å². The molecule has 1 fully saturated rings. The molecule has 2 rings (SSSR count). The fourth-order valence-electron chi connectivity index (χ4n) is 2.47. The summed E-state index contributed by atoms with van der Waals surface area (Å²) in [7, 11) is -1.57. The Labute approximate surface area is 114 Å². The fraction of sp³-hybridized carbons (Fsp3) is 0.538. The zero-order valence-corrected chi connectivity index (χ0v) is 12.4. The summed E-state index contributed by atoms with van der Waals surface area (Å²) in [6, 6.07) is 3.60. The molecule has 5 nitrogen and oxygen atoms in total. The van der Waals surface area contributed by atoms with Crippen LogP contribution in [0.3, 0.4) is 0 Å². The van der Waals surface area contributed by atoms with Gasteiger partial charge in [-0.3, -0.25) is 0 Å². The summed E-state index contributed by atoms with van der Waals surface area (Å²) in [5.41, 5.74) is 7.76. The van der Waals surface area contributed by atoms with E-state index in [9.17, 15) is 8.42 Å². The van der Waals surface area contributed by atoms with Crippen LogP contribution >= 0.6 is 0 Å². The van der Waals surface area contributed by atoms with Crippen LogP contribution in [0.15, 0.2) is 17.0 Å². The summed E-state index contributed by atoms with van der Waals surface area (Å²) in [6.45, 7) is 5.24. The Morgan fingerprint density at radius 2 is 1.95 bits per heavy atom. The molecule has 1 saturated heterocycles. The second-order valence-electron chi connectivity index (χ2n) is 5.31. The fourth-order valence-corrected chi connectivity index (χ4v) is 4.16. The van der Waals surface area contributed by atoms with Gasteiger partial charge in [-0.1, -0.05) is 12.1 Å². The van der Waals surface area contributed by atoms with E-state index in [0.29, 0.717) is 11.3 Å². The molecule has 1 aliphatic rings. The summed E-state index contributed by atoms with van der Waals surface area (Å²) in [6.07, 6.45) is 0.834. The molecule has 0 radical (unpaired) electrons. The van der Waals surface area contributed by atoms with Crippen molar-refractivity contribution in [1.29, 1.82) is 0 Å². The quantitative estimate of drug-likeness (QED) is 0.807. The van der Waals surface area contributed by atoms with Gasteiger partial charge >= 0.3 is 0 Å². The highest BCUT2D eigenvalue weighted by atomic mass is 32.2. The lowest BCUT2D eigenvalue weighted by Crippen LogP contribution is -2.37. The molecule has 1 aliphatic heterocycles. The number of nitrogen functional groups attached to an aromatic ring is 1. The second kappa shape index (κ2) is 5.11. The van der Waals surface area contributed by atoms with Crippen LogP contribution in [0.2, 0.25) is 0 Å². The molecular formula is C13H21N3O2S. The molecule has 0 aromatic heterocycles. The van der Waals surface area contributed by atoms with Crippen molar-refractivity contribution in [3.63, 3.8) is 0 Å². The largest absolute Gasteiger partial charge is 0.397 e. The number of rotatable bonds is 3. The molecule has 1 atom stereocenters. The molecule has 106 valence electrons. The van der Waals surface area contributed by atoms with Gasteiger partial charge in [0.05, 0.1) is 5.69 Å². The van der Waals surface area contributed by atoms with Gasteiger partial charge in [0.25, 0.3) is 0 Å². The predicted octanol–water partition coefficient (Wildman–Crippen LogP) is 0.868. The smallest absolute Gasteiger partial charge is 0.243 e. The van der Waals surface area contributed by atoms with Crippen LogP contribution in [-0.2, 0) is 10.0 Å². The molecule has 0 saturated carbocycles. The van der Waals surface area contributed by atoms with Gasteiger partial charge in [0.15, 0.2) is 0 Å². The van der Waals surface area contributed by atoms with Crippen LogP contribution in [-0.4, -0.2) is 39.5 Å². The maximum absolute atomic E-state index is 12.5. The molecular weight excluding hydrogens is 262 g/mol. The second-order valence-corrected chi connectivity index (χ2v) is 6.96. The molecule has 0 aliphatic carbocycles. The van der Waals surface area contributed by atoms with Crippen molar-refractivity contribution in [3.05, 3.63) is 23.3 Å². The minimum atomic E-state index is -3.55. The summed E-state index contributed by atoms with van der Waals surface area (Å²) in [5.74, 6) is 0. The minimum absolute atomic E-state index is 0.0330. The number of nitrogens with one attached hydrogen (secondary N) is 1. The number of hydrogen-bond donors (Lipinski definition) is 2. The number of likely N-dealkylation sites (tertiary alicyclic amines) is 1. The highest BCUT2D eigenvalue weighted by Crippen LogP contribution is 2.26. The Hall–Kier alpha value is -1.11. The van der Waals surface area contributed by atoms with E-state index >= 15 is 0 Å². The van der Waals surface area contributed by atoms with E-state index < -0.39 is 10.0 Å². The molecule has 19 heavy (non-hydrogen) atoms. The van der Waals surface area contributed by atoms with E-state index in [1.165, 1.54) is 0 Å². The molecule has 1 unspecified atom stereocenters. The molecule has 1 aromatic carbocycles. The number of nitrogens with two attached hydrogens (primary N) is 1. The van der Waals surface area contributed by atoms with E-state index in [1.807, 2.05) is 20.0 Å². The number of anilines is 1. The first-order chi connectivity index (χ1) is 8.81. The predicted molar refractivity (Wildman–Crippen MR) is 76.6 cm³/mol. The van der Waals surface area contributed by atoms with Gasteiger partial charge in [0.2, 0.25) is 10.0 Å². The van der Waals surface area contributed by atoms with Gasteiger partial charge in [-0.05, 0) is 45.0 Å². The number of sulfonamides is 1. The number of likely N-dealkylation sites (N-methyl/N-ethyl adjacent to an activating group) is 1. The van der Waals surface area contributed by atoms with Crippen molar-refractivity contribution >= 4 is 15.7 Å². The lowest BCUT2D eigenvalue weighted by atomic mass is 10.1. The Bertz CT molecular complexity index is 584. The minimum Gasteiger partial charge on any atom is -0.397 e. The maximum Gasteiger partial charge on any atom is 0.243 e. The Morgan fingerprint density at radius 1 is 1.32 bits per heavy atom. The summed E-state index contributed by atoms with van der Waals surface area (Å²) in [5, 5.41) is 0. The van der Waals surface area contributed by atoms with Crippen LogP contribution < -0.4 is 10.5 Å². The van der Waals surface area contributed by atoms with Crippen LogP contribution in [0.1, 0.15) is 17.5 Å². The first-order valence-corrected chi connectivity index (χ1v) is 7.86. The van der Waals surface area contributed by atoms with Crippen molar-refractivity contribution in [1.82, 2.24) is 9.62 Å². The zero-order valence-electron chi connectivity index (χ0n) is 11.6. The Balaban J connectivity index is 2.32. The number of hydrogen-bond acceptors (Lipinski definition) is 4. The van der Waals surface area contributed by atoms with Gasteiger partial charge in [-0.2, -0.15) is 0 Å². The van der Waals surface area contributed by atoms with Crippen molar-refractivity contribution in [3.8, 4) is 0 Å². The number of benzene rings is 1. The highest BCUT2D eigenvalue weighted by molar-refractivity contribution is 7.89. The van der Waals surface area contributed by atoms with E-state index in [4.69, 9.17) is 5.73 Å². The van der Waals surface area contributed by atoms with Crippen LogP contribution in [0.5, 0.6) is 0 Å². The summed E-state index contributed by atoms with van der Waals surface area (Å²) >= 11 is 0. The van der Waals surface area contributed by atoms with Gasteiger partial charge in [-0.15, -0.1) is 0 Å². The Kier molecular flexibility index (Phi) is 3.85. The van der Waals surface area contributed by atoms with E-state index in [0.717, 1.165) is 25.1 Å². The third kappa shape index (κ3) is 2.91. The van der Waals surface area contributed by atoms with Gasteiger partial charge in [-0.25, -0.2) is 13.1 Å². The number of aryl methyl sites for hydroxylation is 2. The lowest BCUT2D eigenvalue weighted by Gasteiger charge is -2.17. The molecule has 3 N–H and O–H groups in total. The van der Waals surface area contributed by atoms with E-state index in [-0.39, 0.29) is 10.9 Å². The third-order valence-electron chi connectivity index (χ3n) is 3.59. The summed E-state index contributed by atoms with van der Waals surface area (Å²) < 4.78 is 27.7. The molecule has 0 amide bonds. The standard InChI is InChI=1S/C13H21N3O2S/c1-9-4-5-10(2)13(12(9)14)19(17,18)15-11-6-7-16(3)8-11/h4-5,11,15H,6-8,14H2,1-3H3. The summed E-state index contributed by atoms with van der Waals surface area (Å²) in [4.78, 5) is 2.33. The first-order valence-electron chi connectivity index (χ1n) is 6.38. The Morgan fingerprint density at radius 3 is 2.53 bits per heavy atom. The highest BCUT2D eigenvalue weighted by Gasteiger charge is 2.28. The molecule has 0 bridgehead atoms. The maximum atomic E-state index is 12.5. The topological polar surface area (TPSA) is 75.4 Å². The van der Waals surface area contributed by atoms with Gasteiger partial charge < -0.3 is 10.6 Å². The first kappa shape index (κ1) is 14.3. The van der Waals surface area contributed by atoms with E-state index in [2.05, 4.69) is 9.62 Å².